The van der Waals surface area contributed by atoms with Gasteiger partial charge in [-0.2, -0.15) is 0 Å². The van der Waals surface area contributed by atoms with Crippen molar-refractivity contribution in [2.24, 2.45) is 0 Å². The third kappa shape index (κ3) is 1.95. The number of nitrogens with one attached hydrogen (secondary N) is 1. The first-order valence-corrected chi connectivity index (χ1v) is 4.60. The molecule has 4 heteroatoms. The maximum absolute atomic E-state index is 4.17. The van der Waals surface area contributed by atoms with Gasteiger partial charge in [0.2, 0.25) is 0 Å². The Hall–Kier alpha value is -1.16. The number of aromatic nitrogens is 2. The lowest BCUT2D eigenvalue weighted by Crippen LogP contribution is -2.41. The first-order chi connectivity index (χ1) is 6.36. The Bertz CT molecular complexity index is 263. The molecule has 0 unspecified atom stereocenters. The fraction of sp³-hybridized carbons (Fsp3) is 0.556. The van der Waals surface area contributed by atoms with Crippen molar-refractivity contribution in [1.29, 1.82) is 0 Å². The molecule has 0 aliphatic carbocycles. The maximum Gasteiger partial charge on any atom is 0.125 e. The fourth-order valence-corrected chi connectivity index (χ4v) is 1.46. The van der Waals surface area contributed by atoms with E-state index in [0.29, 0.717) is 0 Å². The van der Waals surface area contributed by atoms with Crippen LogP contribution in [0, 0.1) is 6.92 Å². The van der Waals surface area contributed by atoms with Crippen molar-refractivity contribution in [2.45, 2.75) is 13.3 Å². The highest BCUT2D eigenvalue weighted by Crippen LogP contribution is 2.11. The van der Waals surface area contributed by atoms with Crippen LogP contribution in [0.3, 0.4) is 0 Å². The standard InChI is InChI=1S/C9H14N4/c1-8-11-5-9(6-12-8)13-4-2-3-10-7-13/h5-6,10H,2-4,7H2,1H3. The molecule has 1 aliphatic heterocycles. The highest BCUT2D eigenvalue weighted by molar-refractivity contribution is 5.41. The molecular formula is C9H14N4. The van der Waals surface area contributed by atoms with Crippen LogP contribution in [0.1, 0.15) is 12.2 Å². The summed E-state index contributed by atoms with van der Waals surface area (Å²) < 4.78 is 0. The number of anilines is 1. The second kappa shape index (κ2) is 3.70. The van der Waals surface area contributed by atoms with Crippen molar-refractivity contribution in [3.63, 3.8) is 0 Å². The number of aryl methyl sites for hydroxylation is 1. The summed E-state index contributed by atoms with van der Waals surface area (Å²) in [6.45, 7) is 5.02. The Balaban J connectivity index is 2.10. The summed E-state index contributed by atoms with van der Waals surface area (Å²) in [5.74, 6) is 0.828. The van der Waals surface area contributed by atoms with Gasteiger partial charge >= 0.3 is 0 Å². The molecule has 0 bridgehead atoms. The molecule has 70 valence electrons. The van der Waals surface area contributed by atoms with E-state index in [-0.39, 0.29) is 0 Å². The molecule has 0 aromatic carbocycles. The number of hydrogen-bond acceptors (Lipinski definition) is 4. The highest BCUT2D eigenvalue weighted by Gasteiger charge is 2.09. The zero-order valence-electron chi connectivity index (χ0n) is 7.82. The van der Waals surface area contributed by atoms with Crippen LogP contribution in [-0.2, 0) is 0 Å². The van der Waals surface area contributed by atoms with Crippen LogP contribution in [0.15, 0.2) is 12.4 Å². The summed E-state index contributed by atoms with van der Waals surface area (Å²) in [5.41, 5.74) is 1.11. The van der Waals surface area contributed by atoms with Gasteiger partial charge in [-0.1, -0.05) is 0 Å². The van der Waals surface area contributed by atoms with Crippen molar-refractivity contribution in [1.82, 2.24) is 15.3 Å². The van der Waals surface area contributed by atoms with Crippen LogP contribution in [0.2, 0.25) is 0 Å². The summed E-state index contributed by atoms with van der Waals surface area (Å²) in [5, 5.41) is 3.32. The molecule has 0 saturated carbocycles. The van der Waals surface area contributed by atoms with Crippen molar-refractivity contribution in [3.8, 4) is 0 Å². The van der Waals surface area contributed by atoms with Gasteiger partial charge in [0.25, 0.3) is 0 Å². The van der Waals surface area contributed by atoms with E-state index in [2.05, 4.69) is 20.2 Å². The van der Waals surface area contributed by atoms with E-state index in [1.807, 2.05) is 19.3 Å². The van der Waals surface area contributed by atoms with Gasteiger partial charge in [0.05, 0.1) is 24.7 Å². The molecule has 2 heterocycles. The molecule has 0 atom stereocenters. The SMILES string of the molecule is Cc1ncc(N2CCCNC2)cn1. The second-order valence-electron chi connectivity index (χ2n) is 3.26. The van der Waals surface area contributed by atoms with Gasteiger partial charge in [-0.05, 0) is 19.9 Å². The summed E-state index contributed by atoms with van der Waals surface area (Å²) in [4.78, 5) is 10.6. The molecular weight excluding hydrogens is 164 g/mol. The van der Waals surface area contributed by atoms with Crippen LogP contribution in [0.25, 0.3) is 0 Å². The lowest BCUT2D eigenvalue weighted by molar-refractivity contribution is 0.551. The largest absolute Gasteiger partial charge is 0.356 e. The summed E-state index contributed by atoms with van der Waals surface area (Å²) in [7, 11) is 0. The molecule has 0 radical (unpaired) electrons. The maximum atomic E-state index is 4.17. The molecule has 1 aromatic rings. The quantitative estimate of drug-likeness (QED) is 0.681. The molecule has 1 N–H and O–H groups in total. The van der Waals surface area contributed by atoms with E-state index in [4.69, 9.17) is 0 Å². The first kappa shape index (κ1) is 8.44. The average molecular weight is 178 g/mol. The summed E-state index contributed by atoms with van der Waals surface area (Å²) in [6.07, 6.45) is 4.96. The minimum absolute atomic E-state index is 0.828. The zero-order valence-corrected chi connectivity index (χ0v) is 7.82. The average Bonchev–Trinajstić information content (AvgIpc) is 2.20. The van der Waals surface area contributed by atoms with Gasteiger partial charge in [-0.25, -0.2) is 9.97 Å². The van der Waals surface area contributed by atoms with Gasteiger partial charge in [0.15, 0.2) is 0 Å². The first-order valence-electron chi connectivity index (χ1n) is 4.60. The summed E-state index contributed by atoms with van der Waals surface area (Å²) >= 11 is 0. The molecule has 4 nitrogen and oxygen atoms in total. The minimum atomic E-state index is 0.828. The highest BCUT2D eigenvalue weighted by atomic mass is 15.2. The molecule has 1 saturated heterocycles. The second-order valence-corrected chi connectivity index (χ2v) is 3.26. The van der Waals surface area contributed by atoms with Crippen molar-refractivity contribution in [2.75, 3.05) is 24.7 Å². The van der Waals surface area contributed by atoms with Crippen LogP contribution >= 0.6 is 0 Å². The Labute approximate surface area is 78.0 Å². The van der Waals surface area contributed by atoms with Crippen LogP contribution in [0.4, 0.5) is 5.69 Å². The number of nitrogens with zero attached hydrogens (tertiary/aromatic N) is 3. The predicted octanol–water partition coefficient (Wildman–Crippen LogP) is 0.542. The molecule has 0 amide bonds. The lowest BCUT2D eigenvalue weighted by atomic mass is 10.3. The van der Waals surface area contributed by atoms with E-state index >= 15 is 0 Å². The molecule has 1 aliphatic rings. The Morgan fingerprint density at radius 1 is 1.38 bits per heavy atom. The topological polar surface area (TPSA) is 41.1 Å². The van der Waals surface area contributed by atoms with Gasteiger partial charge in [-0.3, -0.25) is 5.32 Å². The zero-order chi connectivity index (χ0) is 9.10. The van der Waals surface area contributed by atoms with Gasteiger partial charge in [0.1, 0.15) is 5.82 Å². The fourth-order valence-electron chi connectivity index (χ4n) is 1.46. The van der Waals surface area contributed by atoms with E-state index in [9.17, 15) is 0 Å². The van der Waals surface area contributed by atoms with Gasteiger partial charge < -0.3 is 4.90 Å². The predicted molar refractivity (Wildman–Crippen MR) is 51.6 cm³/mol. The molecule has 13 heavy (non-hydrogen) atoms. The number of hydrogen-bond donors (Lipinski definition) is 1. The van der Waals surface area contributed by atoms with E-state index in [1.165, 1.54) is 6.42 Å². The molecule has 1 aromatic heterocycles. The molecule has 0 spiro atoms. The minimum Gasteiger partial charge on any atom is -0.356 e. The van der Waals surface area contributed by atoms with Crippen LogP contribution < -0.4 is 10.2 Å². The van der Waals surface area contributed by atoms with Gasteiger partial charge in [0, 0.05) is 6.54 Å². The Morgan fingerprint density at radius 3 is 2.77 bits per heavy atom. The van der Waals surface area contributed by atoms with Crippen LogP contribution in [0.5, 0.6) is 0 Å². The van der Waals surface area contributed by atoms with E-state index in [0.717, 1.165) is 31.3 Å². The van der Waals surface area contributed by atoms with E-state index in [1.54, 1.807) is 0 Å². The Kier molecular flexibility index (Phi) is 2.40. The molecule has 1 fully saturated rings. The number of rotatable bonds is 1. The third-order valence-electron chi connectivity index (χ3n) is 2.22. The van der Waals surface area contributed by atoms with Crippen LogP contribution in [-0.4, -0.2) is 29.7 Å². The van der Waals surface area contributed by atoms with Crippen molar-refractivity contribution >= 4 is 5.69 Å². The third-order valence-corrected chi connectivity index (χ3v) is 2.22. The monoisotopic (exact) mass is 178 g/mol. The van der Waals surface area contributed by atoms with E-state index < -0.39 is 0 Å². The molecule has 2 rings (SSSR count). The summed E-state index contributed by atoms with van der Waals surface area (Å²) in [6, 6.07) is 0. The Morgan fingerprint density at radius 2 is 2.15 bits per heavy atom. The van der Waals surface area contributed by atoms with Crippen molar-refractivity contribution < 1.29 is 0 Å². The van der Waals surface area contributed by atoms with Crippen molar-refractivity contribution in [3.05, 3.63) is 18.2 Å². The van der Waals surface area contributed by atoms with Gasteiger partial charge in [-0.15, -0.1) is 0 Å². The smallest absolute Gasteiger partial charge is 0.125 e. The normalized spacial score (nSPS) is 17.5. The lowest BCUT2D eigenvalue weighted by Gasteiger charge is -2.28.